The summed E-state index contributed by atoms with van der Waals surface area (Å²) in [4.78, 5) is 1.11. The van der Waals surface area contributed by atoms with E-state index in [4.69, 9.17) is 0 Å². The van der Waals surface area contributed by atoms with Crippen molar-refractivity contribution in [3.8, 4) is 16.5 Å². The van der Waals surface area contributed by atoms with Crippen LogP contribution in [0.4, 0.5) is 8.78 Å². The fourth-order valence-corrected chi connectivity index (χ4v) is 4.22. The first-order valence-electron chi connectivity index (χ1n) is 7.86. The van der Waals surface area contributed by atoms with E-state index in [0.717, 1.165) is 34.3 Å². The molecule has 8 heteroatoms. The maximum atomic E-state index is 12.3. The normalized spacial score (nSPS) is 14.2. The highest BCUT2D eigenvalue weighted by Crippen LogP contribution is 2.42. The van der Waals surface area contributed by atoms with Crippen LogP contribution >= 0.6 is 23.1 Å². The van der Waals surface area contributed by atoms with Crippen molar-refractivity contribution < 1.29 is 13.5 Å². The molecular weight excluding hydrogens is 364 g/mol. The lowest BCUT2D eigenvalue weighted by Gasteiger charge is -2.09. The van der Waals surface area contributed by atoms with Crippen molar-refractivity contribution in [1.29, 1.82) is 0 Å². The number of ether oxygens (including phenoxy) is 1. The number of hydrogen-bond donors (Lipinski definition) is 0. The van der Waals surface area contributed by atoms with Gasteiger partial charge in [0.2, 0.25) is 0 Å². The van der Waals surface area contributed by atoms with Gasteiger partial charge in [-0.25, -0.2) is 0 Å². The highest BCUT2D eigenvalue weighted by atomic mass is 32.2. The molecular formula is C17H15F2N3OS2. The second-order valence-electron chi connectivity index (χ2n) is 5.70. The van der Waals surface area contributed by atoms with E-state index < -0.39 is 6.61 Å². The summed E-state index contributed by atoms with van der Waals surface area (Å²) in [7, 11) is 0. The minimum atomic E-state index is -2.81. The number of nitrogens with zero attached hydrogens (tertiary/aromatic N) is 3. The summed E-state index contributed by atoms with van der Waals surface area (Å²) in [5.74, 6) is 1.71. The SMILES string of the molecule is FC(F)Oc1cccc(CSc2nnc(-c3cccs3)n2C2CC2)c1. The Kier molecular flexibility index (Phi) is 4.72. The number of aromatic nitrogens is 3. The molecule has 1 aliphatic rings. The molecule has 0 bridgehead atoms. The lowest BCUT2D eigenvalue weighted by atomic mass is 10.2. The maximum Gasteiger partial charge on any atom is 0.387 e. The molecule has 0 N–H and O–H groups in total. The molecule has 1 fully saturated rings. The van der Waals surface area contributed by atoms with Crippen LogP contribution in [0, 0.1) is 0 Å². The number of thioether (sulfide) groups is 1. The van der Waals surface area contributed by atoms with Gasteiger partial charge in [0.25, 0.3) is 0 Å². The molecule has 0 aliphatic heterocycles. The van der Waals surface area contributed by atoms with Crippen LogP contribution < -0.4 is 4.74 Å². The van der Waals surface area contributed by atoms with Gasteiger partial charge in [0, 0.05) is 11.8 Å². The summed E-state index contributed by atoms with van der Waals surface area (Å²) in [5.41, 5.74) is 0.908. The fraction of sp³-hybridized carbons (Fsp3) is 0.294. The molecule has 0 unspecified atom stereocenters. The van der Waals surface area contributed by atoms with E-state index in [9.17, 15) is 8.78 Å². The quantitative estimate of drug-likeness (QED) is 0.527. The lowest BCUT2D eigenvalue weighted by molar-refractivity contribution is -0.0498. The highest BCUT2D eigenvalue weighted by molar-refractivity contribution is 7.98. The standard InChI is InChI=1S/C17H15F2N3OS2/c18-16(19)23-13-4-1-3-11(9-13)10-25-17-21-20-15(14-5-2-8-24-14)22(17)12-6-7-12/h1-5,8-9,12,16H,6-7,10H2. The first-order chi connectivity index (χ1) is 12.2. The Morgan fingerprint density at radius 3 is 2.84 bits per heavy atom. The van der Waals surface area contributed by atoms with Crippen LogP contribution in [-0.4, -0.2) is 21.4 Å². The van der Waals surface area contributed by atoms with E-state index in [1.807, 2.05) is 23.6 Å². The second-order valence-corrected chi connectivity index (χ2v) is 7.59. The predicted octanol–water partition coefficient (Wildman–Crippen LogP) is 5.24. The summed E-state index contributed by atoms with van der Waals surface area (Å²) >= 11 is 3.22. The van der Waals surface area contributed by atoms with Crippen LogP contribution in [0.2, 0.25) is 0 Å². The number of rotatable bonds is 7. The Morgan fingerprint density at radius 1 is 1.24 bits per heavy atom. The molecule has 2 heterocycles. The molecule has 130 valence electrons. The Bertz CT molecular complexity index is 847. The van der Waals surface area contributed by atoms with Crippen LogP contribution in [0.3, 0.4) is 0 Å². The third kappa shape index (κ3) is 3.85. The van der Waals surface area contributed by atoms with Crippen molar-refractivity contribution in [2.45, 2.75) is 36.4 Å². The van der Waals surface area contributed by atoms with Gasteiger partial charge in [-0.2, -0.15) is 8.78 Å². The molecule has 1 aliphatic carbocycles. The molecule has 4 nitrogen and oxygen atoms in total. The van der Waals surface area contributed by atoms with Crippen LogP contribution in [0.1, 0.15) is 24.4 Å². The monoisotopic (exact) mass is 379 g/mol. The van der Waals surface area contributed by atoms with Crippen molar-refractivity contribution in [2.75, 3.05) is 0 Å². The molecule has 25 heavy (non-hydrogen) atoms. The number of hydrogen-bond acceptors (Lipinski definition) is 5. The highest BCUT2D eigenvalue weighted by Gasteiger charge is 2.30. The smallest absolute Gasteiger partial charge is 0.387 e. The van der Waals surface area contributed by atoms with Crippen LogP contribution in [0.25, 0.3) is 10.7 Å². The minimum absolute atomic E-state index is 0.177. The summed E-state index contributed by atoms with van der Waals surface area (Å²) in [6.07, 6.45) is 2.28. The van der Waals surface area contributed by atoms with Gasteiger partial charge in [-0.15, -0.1) is 21.5 Å². The third-order valence-electron chi connectivity index (χ3n) is 3.81. The number of halogens is 2. The number of benzene rings is 1. The molecule has 4 rings (SSSR count). The molecule has 2 aromatic heterocycles. The van der Waals surface area contributed by atoms with E-state index in [1.54, 1.807) is 35.2 Å². The Labute approximate surface area is 151 Å². The van der Waals surface area contributed by atoms with Crippen molar-refractivity contribution in [3.63, 3.8) is 0 Å². The molecule has 0 amide bonds. The van der Waals surface area contributed by atoms with Crippen molar-refractivity contribution >= 4 is 23.1 Å². The summed E-state index contributed by atoms with van der Waals surface area (Å²) in [6, 6.07) is 11.3. The molecule has 1 saturated carbocycles. The first kappa shape index (κ1) is 16.5. The topological polar surface area (TPSA) is 39.9 Å². The average Bonchev–Trinajstić information content (AvgIpc) is 3.11. The van der Waals surface area contributed by atoms with Crippen molar-refractivity contribution in [2.24, 2.45) is 0 Å². The maximum absolute atomic E-state index is 12.3. The van der Waals surface area contributed by atoms with Gasteiger partial charge in [-0.3, -0.25) is 4.57 Å². The lowest BCUT2D eigenvalue weighted by Crippen LogP contribution is -2.02. The average molecular weight is 379 g/mol. The molecule has 0 atom stereocenters. The zero-order valence-electron chi connectivity index (χ0n) is 13.1. The zero-order chi connectivity index (χ0) is 17.2. The van der Waals surface area contributed by atoms with Gasteiger partial charge >= 0.3 is 6.61 Å². The predicted molar refractivity (Wildman–Crippen MR) is 94.2 cm³/mol. The van der Waals surface area contributed by atoms with Gasteiger partial charge in [-0.05, 0) is 42.0 Å². The molecule has 0 saturated heterocycles. The Balaban J connectivity index is 1.52. The van der Waals surface area contributed by atoms with E-state index in [-0.39, 0.29) is 5.75 Å². The molecule has 0 radical (unpaired) electrons. The van der Waals surface area contributed by atoms with E-state index in [1.165, 1.54) is 6.07 Å². The largest absolute Gasteiger partial charge is 0.435 e. The van der Waals surface area contributed by atoms with Gasteiger partial charge in [-0.1, -0.05) is 30.0 Å². The van der Waals surface area contributed by atoms with Gasteiger partial charge in [0.05, 0.1) is 4.88 Å². The molecule has 1 aromatic carbocycles. The van der Waals surface area contributed by atoms with Crippen molar-refractivity contribution in [1.82, 2.24) is 14.8 Å². The third-order valence-corrected chi connectivity index (χ3v) is 5.69. The van der Waals surface area contributed by atoms with Crippen LogP contribution in [0.15, 0.2) is 46.9 Å². The summed E-state index contributed by atoms with van der Waals surface area (Å²) in [5, 5.41) is 11.6. The van der Waals surface area contributed by atoms with E-state index in [0.29, 0.717) is 11.8 Å². The summed E-state index contributed by atoms with van der Waals surface area (Å²) in [6.45, 7) is -2.81. The minimum Gasteiger partial charge on any atom is -0.435 e. The van der Waals surface area contributed by atoms with Crippen molar-refractivity contribution in [3.05, 3.63) is 47.3 Å². The fourth-order valence-electron chi connectivity index (χ4n) is 2.57. The van der Waals surface area contributed by atoms with Gasteiger partial charge in [0.15, 0.2) is 11.0 Å². The molecule has 0 spiro atoms. The summed E-state index contributed by atoms with van der Waals surface area (Å²) < 4.78 is 31.3. The van der Waals surface area contributed by atoms with Gasteiger partial charge < -0.3 is 4.74 Å². The first-order valence-corrected chi connectivity index (χ1v) is 9.72. The van der Waals surface area contributed by atoms with Crippen LogP contribution in [-0.2, 0) is 5.75 Å². The number of thiophene rings is 1. The van der Waals surface area contributed by atoms with Crippen LogP contribution in [0.5, 0.6) is 5.75 Å². The zero-order valence-corrected chi connectivity index (χ0v) is 14.8. The van der Waals surface area contributed by atoms with E-state index >= 15 is 0 Å². The number of alkyl halides is 2. The Morgan fingerprint density at radius 2 is 2.12 bits per heavy atom. The Hall–Kier alpha value is -1.93. The van der Waals surface area contributed by atoms with E-state index in [2.05, 4.69) is 19.5 Å². The second kappa shape index (κ2) is 7.13. The molecule has 3 aromatic rings. The van der Waals surface area contributed by atoms with Gasteiger partial charge in [0.1, 0.15) is 5.75 Å².